The van der Waals surface area contributed by atoms with E-state index in [1.54, 1.807) is 18.9 Å². The molecule has 1 saturated heterocycles. The first-order chi connectivity index (χ1) is 9.65. The lowest BCUT2D eigenvalue weighted by Crippen LogP contribution is -2.58. The van der Waals surface area contributed by atoms with E-state index in [1.807, 2.05) is 31.2 Å². The van der Waals surface area contributed by atoms with Gasteiger partial charge >= 0.3 is 0 Å². The molecule has 1 atom stereocenters. The normalized spacial score (nSPS) is 16.4. The van der Waals surface area contributed by atoms with Crippen molar-refractivity contribution >= 4 is 5.91 Å². The van der Waals surface area contributed by atoms with Crippen LogP contribution in [0.3, 0.4) is 0 Å². The van der Waals surface area contributed by atoms with Gasteiger partial charge in [0.25, 0.3) is 5.91 Å². The molecule has 0 N–H and O–H groups in total. The van der Waals surface area contributed by atoms with Gasteiger partial charge in [-0.15, -0.1) is 0 Å². The number of nitrogens with zero attached hydrogens (tertiary/aromatic N) is 1. The van der Waals surface area contributed by atoms with Crippen molar-refractivity contribution < 1.29 is 19.0 Å². The second kappa shape index (κ2) is 6.61. The summed E-state index contributed by atoms with van der Waals surface area (Å²) in [5.41, 5.74) is 0. The first-order valence-corrected chi connectivity index (χ1v) is 6.85. The first kappa shape index (κ1) is 14.7. The van der Waals surface area contributed by atoms with Gasteiger partial charge in [-0.05, 0) is 26.0 Å². The highest BCUT2D eigenvalue weighted by Crippen LogP contribution is 2.28. The van der Waals surface area contributed by atoms with E-state index in [9.17, 15) is 4.79 Å². The van der Waals surface area contributed by atoms with Gasteiger partial charge in [0, 0.05) is 6.61 Å². The van der Waals surface area contributed by atoms with Gasteiger partial charge in [0.2, 0.25) is 0 Å². The van der Waals surface area contributed by atoms with Gasteiger partial charge in [0.05, 0.1) is 20.2 Å². The number of amides is 1. The Kier molecular flexibility index (Phi) is 4.84. The van der Waals surface area contributed by atoms with Crippen LogP contribution in [0.15, 0.2) is 24.3 Å². The van der Waals surface area contributed by atoms with Gasteiger partial charge in [0.1, 0.15) is 12.2 Å². The zero-order valence-electron chi connectivity index (χ0n) is 12.2. The van der Waals surface area contributed by atoms with E-state index in [2.05, 4.69) is 0 Å². The molecular formula is C15H21NO4. The number of benzene rings is 1. The molecule has 1 heterocycles. The lowest BCUT2D eigenvalue weighted by molar-refractivity contribution is -0.151. The Morgan fingerprint density at radius 2 is 2.00 bits per heavy atom. The van der Waals surface area contributed by atoms with E-state index in [4.69, 9.17) is 14.2 Å². The summed E-state index contributed by atoms with van der Waals surface area (Å²) in [7, 11) is 1.61. The highest BCUT2D eigenvalue weighted by atomic mass is 16.5. The molecule has 0 saturated carbocycles. The molecule has 1 unspecified atom stereocenters. The third kappa shape index (κ3) is 3.22. The minimum absolute atomic E-state index is 0.0177. The van der Waals surface area contributed by atoms with Crippen molar-refractivity contribution in [2.75, 3.05) is 26.8 Å². The van der Waals surface area contributed by atoms with Gasteiger partial charge < -0.3 is 19.1 Å². The van der Waals surface area contributed by atoms with E-state index < -0.39 is 0 Å². The van der Waals surface area contributed by atoms with E-state index in [-0.39, 0.29) is 18.1 Å². The topological polar surface area (TPSA) is 48.0 Å². The van der Waals surface area contributed by atoms with Crippen molar-refractivity contribution in [2.24, 2.45) is 0 Å². The summed E-state index contributed by atoms with van der Waals surface area (Å²) in [6.07, 6.45) is -0.365. The molecule has 0 bridgehead atoms. The number of likely N-dealkylation sites (tertiary alicyclic amines) is 1. The van der Waals surface area contributed by atoms with E-state index in [0.29, 0.717) is 31.2 Å². The standard InChI is InChI=1S/C15H21NO4/c1-4-19-11(2)15(17)16-9-12(10-16)20-14-8-6-5-7-13(14)18-3/h5-8,11-12H,4,9-10H2,1-3H3. The predicted octanol–water partition coefficient (Wildman–Crippen LogP) is 1.71. The summed E-state index contributed by atoms with van der Waals surface area (Å²) in [6.45, 7) is 5.39. The van der Waals surface area contributed by atoms with Crippen LogP contribution in [-0.2, 0) is 9.53 Å². The molecule has 20 heavy (non-hydrogen) atoms. The fourth-order valence-corrected chi connectivity index (χ4v) is 2.17. The predicted molar refractivity (Wildman–Crippen MR) is 75.1 cm³/mol. The number of rotatable bonds is 6. The zero-order valence-corrected chi connectivity index (χ0v) is 12.2. The molecule has 1 fully saturated rings. The van der Waals surface area contributed by atoms with Crippen molar-refractivity contribution in [1.29, 1.82) is 0 Å². The minimum Gasteiger partial charge on any atom is -0.493 e. The Morgan fingerprint density at radius 1 is 1.35 bits per heavy atom. The Morgan fingerprint density at radius 3 is 2.60 bits per heavy atom. The average Bonchev–Trinajstić information content (AvgIpc) is 2.42. The molecule has 0 radical (unpaired) electrons. The molecular weight excluding hydrogens is 258 g/mol. The third-order valence-corrected chi connectivity index (χ3v) is 3.29. The number of hydrogen-bond acceptors (Lipinski definition) is 4. The largest absolute Gasteiger partial charge is 0.493 e. The van der Waals surface area contributed by atoms with Gasteiger partial charge in [0.15, 0.2) is 11.5 Å². The van der Waals surface area contributed by atoms with Crippen molar-refractivity contribution in [1.82, 2.24) is 4.90 Å². The first-order valence-electron chi connectivity index (χ1n) is 6.85. The van der Waals surface area contributed by atoms with E-state index >= 15 is 0 Å². The fraction of sp³-hybridized carbons (Fsp3) is 0.533. The quantitative estimate of drug-likeness (QED) is 0.795. The molecule has 1 amide bonds. The number of hydrogen-bond donors (Lipinski definition) is 0. The maximum absolute atomic E-state index is 12.0. The van der Waals surface area contributed by atoms with E-state index in [0.717, 1.165) is 0 Å². The fourth-order valence-electron chi connectivity index (χ4n) is 2.17. The summed E-state index contributed by atoms with van der Waals surface area (Å²) in [5.74, 6) is 1.44. The average molecular weight is 279 g/mol. The van der Waals surface area contributed by atoms with Crippen LogP contribution < -0.4 is 9.47 Å². The number of methoxy groups -OCH3 is 1. The summed E-state index contributed by atoms with van der Waals surface area (Å²) in [6, 6.07) is 7.52. The van der Waals surface area contributed by atoms with Crippen LogP contribution >= 0.6 is 0 Å². The molecule has 1 aliphatic rings. The molecule has 0 aliphatic carbocycles. The molecule has 1 aromatic rings. The Balaban J connectivity index is 1.83. The molecule has 1 aromatic carbocycles. The smallest absolute Gasteiger partial charge is 0.251 e. The molecule has 0 aromatic heterocycles. The number of ether oxygens (including phenoxy) is 3. The highest BCUT2D eigenvalue weighted by Gasteiger charge is 2.35. The summed E-state index contributed by atoms with van der Waals surface area (Å²) in [4.78, 5) is 13.7. The molecule has 0 spiro atoms. The Hall–Kier alpha value is -1.75. The Labute approximate surface area is 119 Å². The van der Waals surface area contributed by atoms with Crippen LogP contribution in [0.25, 0.3) is 0 Å². The SMILES string of the molecule is CCOC(C)C(=O)N1CC(Oc2ccccc2OC)C1. The number of carbonyl (C=O) groups is 1. The van der Waals surface area contributed by atoms with Crippen LogP contribution in [0.4, 0.5) is 0 Å². The van der Waals surface area contributed by atoms with Crippen molar-refractivity contribution in [3.8, 4) is 11.5 Å². The molecule has 2 rings (SSSR count). The van der Waals surface area contributed by atoms with Crippen LogP contribution in [0.2, 0.25) is 0 Å². The Bertz CT molecular complexity index is 457. The van der Waals surface area contributed by atoms with Crippen LogP contribution in [0.5, 0.6) is 11.5 Å². The highest BCUT2D eigenvalue weighted by molar-refractivity contribution is 5.81. The lowest BCUT2D eigenvalue weighted by atomic mass is 10.1. The van der Waals surface area contributed by atoms with E-state index in [1.165, 1.54) is 0 Å². The van der Waals surface area contributed by atoms with Gasteiger partial charge in [-0.25, -0.2) is 0 Å². The van der Waals surface area contributed by atoms with Crippen LogP contribution in [0, 0.1) is 0 Å². The zero-order chi connectivity index (χ0) is 14.5. The van der Waals surface area contributed by atoms with Crippen molar-refractivity contribution in [3.63, 3.8) is 0 Å². The van der Waals surface area contributed by atoms with Gasteiger partial charge in [-0.3, -0.25) is 4.79 Å². The monoisotopic (exact) mass is 279 g/mol. The second-order valence-electron chi connectivity index (χ2n) is 4.73. The van der Waals surface area contributed by atoms with Crippen molar-refractivity contribution in [3.05, 3.63) is 24.3 Å². The maximum atomic E-state index is 12.0. The second-order valence-corrected chi connectivity index (χ2v) is 4.73. The molecule has 5 heteroatoms. The van der Waals surface area contributed by atoms with Crippen LogP contribution in [-0.4, -0.2) is 49.8 Å². The third-order valence-electron chi connectivity index (χ3n) is 3.29. The summed E-state index contributed by atoms with van der Waals surface area (Å²) in [5, 5.41) is 0. The number of para-hydroxylation sites is 2. The lowest BCUT2D eigenvalue weighted by Gasteiger charge is -2.40. The molecule has 1 aliphatic heterocycles. The maximum Gasteiger partial charge on any atom is 0.251 e. The molecule has 110 valence electrons. The minimum atomic E-state index is -0.382. The number of carbonyl (C=O) groups excluding carboxylic acids is 1. The van der Waals surface area contributed by atoms with Crippen LogP contribution in [0.1, 0.15) is 13.8 Å². The van der Waals surface area contributed by atoms with Gasteiger partial charge in [-0.2, -0.15) is 0 Å². The van der Waals surface area contributed by atoms with Gasteiger partial charge in [-0.1, -0.05) is 12.1 Å². The summed E-state index contributed by atoms with van der Waals surface area (Å²) < 4.78 is 16.4. The molecule has 5 nitrogen and oxygen atoms in total. The van der Waals surface area contributed by atoms with Crippen molar-refractivity contribution in [2.45, 2.75) is 26.1 Å². The summed E-state index contributed by atoms with van der Waals surface area (Å²) >= 11 is 0.